The number of ether oxygens (including phenoxy) is 3. The van der Waals surface area contributed by atoms with E-state index in [-0.39, 0.29) is 11.7 Å². The van der Waals surface area contributed by atoms with Gasteiger partial charge in [0.05, 0.1) is 23.7 Å². The van der Waals surface area contributed by atoms with Crippen molar-refractivity contribution in [3.05, 3.63) is 53.1 Å². The smallest absolute Gasteiger partial charge is 0.303 e. The molecule has 4 rings (SSSR count). The maximum atomic E-state index is 15.4. The number of methoxy groups -OCH3 is 1. The fourth-order valence-electron chi connectivity index (χ4n) is 4.44. The van der Waals surface area contributed by atoms with Crippen LogP contribution in [0.3, 0.4) is 0 Å². The van der Waals surface area contributed by atoms with Crippen LogP contribution in [0.15, 0.2) is 30.3 Å². The monoisotopic (exact) mass is 548 g/mol. The van der Waals surface area contributed by atoms with Crippen LogP contribution in [0.4, 0.5) is 19.0 Å². The first-order chi connectivity index (χ1) is 18.3. The largest absolute Gasteiger partial charge is 0.487 e. The second kappa shape index (κ2) is 11.1. The average molecular weight is 549 g/mol. The summed E-state index contributed by atoms with van der Waals surface area (Å²) in [6.07, 6.45) is 0.0232. The molecule has 0 radical (unpaired) electrons. The van der Waals surface area contributed by atoms with Gasteiger partial charge >= 0.3 is 5.92 Å². The number of likely N-dealkylation sites (N-methyl/N-ethyl adjacent to an activating group) is 1. The van der Waals surface area contributed by atoms with Crippen LogP contribution in [0.1, 0.15) is 43.8 Å². The molecular weight excluding hydrogens is 513 g/mol. The van der Waals surface area contributed by atoms with Crippen LogP contribution in [0.25, 0.3) is 10.9 Å². The Bertz CT molecular complexity index is 1330. The Morgan fingerprint density at radius 1 is 1.15 bits per heavy atom. The van der Waals surface area contributed by atoms with Gasteiger partial charge in [-0.15, -0.1) is 0 Å². The number of nitrogens with one attached hydrogen (secondary N) is 1. The molecule has 1 saturated heterocycles. The Morgan fingerprint density at radius 2 is 1.87 bits per heavy atom. The number of aryl methyl sites for hydroxylation is 1. The Morgan fingerprint density at radius 3 is 2.51 bits per heavy atom. The predicted octanol–water partition coefficient (Wildman–Crippen LogP) is 4.83. The third-order valence-corrected chi connectivity index (χ3v) is 6.70. The molecule has 3 aromatic rings. The number of hydrogen-bond donors (Lipinski definition) is 2. The lowest BCUT2D eigenvalue weighted by molar-refractivity contribution is -0.170. The maximum Gasteiger partial charge on any atom is 0.303 e. The zero-order valence-electron chi connectivity index (χ0n) is 23.0. The number of aliphatic hydroxyl groups is 1. The molecule has 0 saturated carbocycles. The molecule has 0 amide bonds. The van der Waals surface area contributed by atoms with Crippen molar-refractivity contribution in [1.82, 2.24) is 14.9 Å². The van der Waals surface area contributed by atoms with Crippen molar-refractivity contribution in [2.75, 3.05) is 45.8 Å². The number of aromatic nitrogens is 2. The van der Waals surface area contributed by atoms with Gasteiger partial charge in [0.25, 0.3) is 0 Å². The van der Waals surface area contributed by atoms with Crippen molar-refractivity contribution in [2.45, 2.75) is 51.4 Å². The number of alkyl halides is 2. The molecule has 8 nitrogen and oxygen atoms in total. The second-order valence-corrected chi connectivity index (χ2v) is 10.4. The van der Waals surface area contributed by atoms with Crippen molar-refractivity contribution in [3.63, 3.8) is 0 Å². The SMILES string of the molecule is COCCOc1cc2c(N[C@H](C)c3cccc(C(F)(F)C(C)(C)O)c3F)nc(C)nc2cc1OC1CN(C)C1. The predicted molar refractivity (Wildman–Crippen MR) is 142 cm³/mol. The minimum atomic E-state index is -3.80. The van der Waals surface area contributed by atoms with Crippen molar-refractivity contribution < 1.29 is 32.5 Å². The zero-order chi connectivity index (χ0) is 28.5. The zero-order valence-corrected chi connectivity index (χ0v) is 23.0. The van der Waals surface area contributed by atoms with E-state index < -0.39 is 28.9 Å². The summed E-state index contributed by atoms with van der Waals surface area (Å²) in [6, 6.07) is 6.54. The molecule has 2 N–H and O–H groups in total. The van der Waals surface area contributed by atoms with Gasteiger partial charge < -0.3 is 24.6 Å². The molecule has 2 heterocycles. The van der Waals surface area contributed by atoms with Crippen LogP contribution in [0.5, 0.6) is 11.5 Å². The molecule has 0 spiro atoms. The van der Waals surface area contributed by atoms with Gasteiger partial charge in [-0.1, -0.05) is 12.1 Å². The Labute approximate surface area is 226 Å². The summed E-state index contributed by atoms with van der Waals surface area (Å²) in [4.78, 5) is 11.2. The van der Waals surface area contributed by atoms with Crippen molar-refractivity contribution in [2.24, 2.45) is 0 Å². The van der Waals surface area contributed by atoms with E-state index in [1.165, 1.54) is 12.1 Å². The topological polar surface area (TPSA) is 89.0 Å². The molecule has 0 aliphatic carbocycles. The number of halogens is 3. The van der Waals surface area contributed by atoms with Crippen LogP contribution in [-0.4, -0.2) is 72.1 Å². The standard InChI is InChI=1S/C28H35F3N4O4/c1-16(19-8-7-9-21(25(19)29)28(30,31)27(3,4)36)32-26-20-12-23(38-11-10-37-6)24(39-18-14-35(5)15-18)13-22(20)33-17(2)34-26/h7-9,12-13,16,18,36H,10-11,14-15H2,1-6H3,(H,32,33,34)/t16-/m1/s1. The minimum absolute atomic E-state index is 0.00599. The van der Waals surface area contributed by atoms with Gasteiger partial charge in [0.2, 0.25) is 0 Å². The molecule has 1 atom stereocenters. The van der Waals surface area contributed by atoms with Gasteiger partial charge in [-0.3, -0.25) is 4.90 Å². The number of anilines is 1. The van der Waals surface area contributed by atoms with Gasteiger partial charge in [0.1, 0.15) is 35.8 Å². The number of hydrogen-bond acceptors (Lipinski definition) is 8. The lowest BCUT2D eigenvalue weighted by Gasteiger charge is -2.36. The third-order valence-electron chi connectivity index (χ3n) is 6.70. The highest BCUT2D eigenvalue weighted by Gasteiger charge is 2.49. The summed E-state index contributed by atoms with van der Waals surface area (Å²) < 4.78 is 62.3. The third kappa shape index (κ3) is 6.05. The first-order valence-corrected chi connectivity index (χ1v) is 12.8. The highest BCUT2D eigenvalue weighted by atomic mass is 19.3. The van der Waals surface area contributed by atoms with E-state index in [1.54, 1.807) is 33.1 Å². The summed E-state index contributed by atoms with van der Waals surface area (Å²) in [5.41, 5.74) is -2.73. The summed E-state index contributed by atoms with van der Waals surface area (Å²) in [6.45, 7) is 7.52. The summed E-state index contributed by atoms with van der Waals surface area (Å²) in [7, 11) is 3.59. The number of benzene rings is 2. The number of likely N-dealkylation sites (tertiary alicyclic amines) is 1. The van der Waals surface area contributed by atoms with Gasteiger partial charge in [-0.2, -0.15) is 8.78 Å². The lowest BCUT2D eigenvalue weighted by atomic mass is 9.91. The van der Waals surface area contributed by atoms with Crippen molar-refractivity contribution in [3.8, 4) is 11.5 Å². The van der Waals surface area contributed by atoms with E-state index in [4.69, 9.17) is 14.2 Å². The van der Waals surface area contributed by atoms with Gasteiger partial charge in [-0.05, 0) is 46.9 Å². The average Bonchev–Trinajstić information content (AvgIpc) is 2.82. The fraction of sp³-hybridized carbons (Fsp3) is 0.500. The Kier molecular flexibility index (Phi) is 8.25. The highest BCUT2D eigenvalue weighted by Crippen LogP contribution is 2.42. The molecule has 1 aliphatic heterocycles. The van der Waals surface area contributed by atoms with Crippen LogP contribution in [0, 0.1) is 12.7 Å². The lowest BCUT2D eigenvalue weighted by Crippen LogP contribution is -2.51. The molecular formula is C28H35F3N4O4. The molecule has 1 fully saturated rings. The molecule has 1 aliphatic rings. The maximum absolute atomic E-state index is 15.4. The molecule has 2 aromatic carbocycles. The summed E-state index contributed by atoms with van der Waals surface area (Å²) in [5, 5.41) is 13.7. The first-order valence-electron chi connectivity index (χ1n) is 12.8. The van der Waals surface area contributed by atoms with E-state index in [1.807, 2.05) is 7.05 Å². The van der Waals surface area contributed by atoms with Crippen LogP contribution < -0.4 is 14.8 Å². The fourth-order valence-corrected chi connectivity index (χ4v) is 4.44. The van der Waals surface area contributed by atoms with Crippen molar-refractivity contribution in [1.29, 1.82) is 0 Å². The molecule has 39 heavy (non-hydrogen) atoms. The Balaban J connectivity index is 1.70. The normalized spacial score (nSPS) is 15.7. The van der Waals surface area contributed by atoms with Crippen molar-refractivity contribution >= 4 is 16.7 Å². The minimum Gasteiger partial charge on any atom is -0.487 e. The van der Waals surface area contributed by atoms with Crippen LogP contribution in [0.2, 0.25) is 0 Å². The van der Waals surface area contributed by atoms with Gasteiger partial charge in [0, 0.05) is 37.2 Å². The van der Waals surface area contributed by atoms with Crippen LogP contribution in [-0.2, 0) is 10.7 Å². The highest BCUT2D eigenvalue weighted by molar-refractivity contribution is 5.92. The first kappa shape index (κ1) is 28.8. The summed E-state index contributed by atoms with van der Waals surface area (Å²) >= 11 is 0. The van der Waals surface area contributed by atoms with Gasteiger partial charge in [-0.25, -0.2) is 14.4 Å². The summed E-state index contributed by atoms with van der Waals surface area (Å²) in [5.74, 6) is -3.02. The molecule has 212 valence electrons. The van der Waals surface area contributed by atoms with Crippen LogP contribution >= 0.6 is 0 Å². The van der Waals surface area contributed by atoms with E-state index in [0.717, 1.165) is 33.0 Å². The van der Waals surface area contributed by atoms with E-state index >= 15 is 4.39 Å². The number of nitrogens with zero attached hydrogens (tertiary/aromatic N) is 3. The molecule has 1 aromatic heterocycles. The Hall–Kier alpha value is -3.15. The number of fused-ring (bicyclic) bond motifs is 1. The molecule has 11 heteroatoms. The van der Waals surface area contributed by atoms with E-state index in [2.05, 4.69) is 20.2 Å². The van der Waals surface area contributed by atoms with Gasteiger partial charge in [0.15, 0.2) is 11.5 Å². The van der Waals surface area contributed by atoms with E-state index in [9.17, 15) is 13.9 Å². The number of rotatable bonds is 11. The molecule has 0 bridgehead atoms. The molecule has 0 unspecified atom stereocenters. The second-order valence-electron chi connectivity index (χ2n) is 10.4. The quantitative estimate of drug-likeness (QED) is 0.330. The van der Waals surface area contributed by atoms with E-state index in [0.29, 0.717) is 47.3 Å².